The Bertz CT molecular complexity index is 936. The molecule has 134 valence electrons. The number of nitrogens with one attached hydrogen (secondary N) is 1. The smallest absolute Gasteiger partial charge is 0.282 e. The number of carbonyl (C=O) groups is 3. The molecule has 2 heterocycles. The van der Waals surface area contributed by atoms with E-state index >= 15 is 0 Å². The topological polar surface area (TPSA) is 123 Å². The number of fused-ring (bicyclic) bond motifs is 1. The first kappa shape index (κ1) is 17.7. The van der Waals surface area contributed by atoms with Gasteiger partial charge in [-0.2, -0.15) is 0 Å². The number of amides is 3. The molecule has 9 nitrogen and oxygen atoms in total. The van der Waals surface area contributed by atoms with Crippen molar-refractivity contribution in [2.75, 3.05) is 11.9 Å². The molecule has 1 aromatic carbocycles. The molecular weight excluding hydrogens is 360 g/mol. The van der Waals surface area contributed by atoms with Crippen LogP contribution < -0.4 is 5.32 Å². The van der Waals surface area contributed by atoms with E-state index in [1.807, 2.05) is 19.2 Å². The molecular formula is C16H14N4O5S. The van der Waals surface area contributed by atoms with Crippen molar-refractivity contribution < 1.29 is 19.3 Å². The van der Waals surface area contributed by atoms with E-state index in [4.69, 9.17) is 0 Å². The second kappa shape index (κ2) is 6.64. The van der Waals surface area contributed by atoms with Crippen LogP contribution in [-0.2, 0) is 4.79 Å². The van der Waals surface area contributed by atoms with Crippen LogP contribution in [0.2, 0.25) is 0 Å². The number of carbonyl (C=O) groups excluding carboxylic acids is 3. The number of imide groups is 1. The highest BCUT2D eigenvalue weighted by molar-refractivity contribution is 7.13. The summed E-state index contributed by atoms with van der Waals surface area (Å²) in [7, 11) is 0. The number of nitrogens with zero attached hydrogens (tertiary/aromatic N) is 3. The Labute approximate surface area is 151 Å². The zero-order valence-electron chi connectivity index (χ0n) is 13.9. The monoisotopic (exact) mass is 374 g/mol. The van der Waals surface area contributed by atoms with E-state index < -0.39 is 34.9 Å². The predicted molar refractivity (Wildman–Crippen MR) is 93.3 cm³/mol. The number of hydrogen-bond acceptors (Lipinski definition) is 7. The minimum atomic E-state index is -0.852. The molecule has 0 saturated heterocycles. The maximum Gasteiger partial charge on any atom is 0.282 e. The first-order valence-electron chi connectivity index (χ1n) is 7.68. The number of aromatic nitrogens is 1. The van der Waals surface area contributed by atoms with Gasteiger partial charge < -0.3 is 5.32 Å². The van der Waals surface area contributed by atoms with E-state index in [2.05, 4.69) is 10.3 Å². The van der Waals surface area contributed by atoms with Gasteiger partial charge in [-0.1, -0.05) is 19.9 Å². The van der Waals surface area contributed by atoms with Crippen LogP contribution in [0.25, 0.3) is 0 Å². The quantitative estimate of drug-likeness (QED) is 0.487. The first-order chi connectivity index (χ1) is 12.3. The second-order valence-corrected chi connectivity index (χ2v) is 6.79. The molecule has 0 atom stereocenters. The summed E-state index contributed by atoms with van der Waals surface area (Å²) in [6.07, 6.45) is 0. The van der Waals surface area contributed by atoms with Crippen molar-refractivity contribution in [3.05, 3.63) is 50.5 Å². The van der Waals surface area contributed by atoms with E-state index in [-0.39, 0.29) is 17.0 Å². The molecule has 0 saturated carbocycles. The van der Waals surface area contributed by atoms with Crippen LogP contribution in [0.1, 0.15) is 46.2 Å². The molecule has 0 aliphatic carbocycles. The standard InChI is InChI=1S/C16H14N4O5S/c1-8(2)10-7-26-16(17-10)18-12(21)6-19-14(22)9-4-3-5-11(20(24)25)13(9)15(19)23/h3-5,7-8H,6H2,1-2H3,(H,17,18,21). The Morgan fingerprint density at radius 1 is 1.35 bits per heavy atom. The zero-order chi connectivity index (χ0) is 19.0. The molecule has 0 bridgehead atoms. The van der Waals surface area contributed by atoms with Crippen molar-refractivity contribution in [1.82, 2.24) is 9.88 Å². The van der Waals surface area contributed by atoms with Gasteiger partial charge >= 0.3 is 0 Å². The molecule has 1 aliphatic rings. The highest BCUT2D eigenvalue weighted by Gasteiger charge is 2.41. The molecule has 3 rings (SSSR count). The van der Waals surface area contributed by atoms with Gasteiger partial charge in [-0.15, -0.1) is 11.3 Å². The number of thiazole rings is 1. The number of anilines is 1. The van der Waals surface area contributed by atoms with Crippen LogP contribution in [0.4, 0.5) is 10.8 Å². The summed E-state index contributed by atoms with van der Waals surface area (Å²) in [5.74, 6) is -1.99. The summed E-state index contributed by atoms with van der Waals surface area (Å²) in [6, 6.07) is 3.81. The van der Waals surface area contributed by atoms with Gasteiger partial charge in [-0.25, -0.2) is 4.98 Å². The molecule has 1 aliphatic heterocycles. The lowest BCUT2D eigenvalue weighted by molar-refractivity contribution is -0.385. The average molecular weight is 374 g/mol. The van der Waals surface area contributed by atoms with E-state index in [9.17, 15) is 24.5 Å². The number of nitro groups is 1. The summed E-state index contributed by atoms with van der Waals surface area (Å²) < 4.78 is 0. The van der Waals surface area contributed by atoms with Crippen LogP contribution in [-0.4, -0.2) is 39.1 Å². The van der Waals surface area contributed by atoms with E-state index in [0.29, 0.717) is 10.0 Å². The van der Waals surface area contributed by atoms with Gasteiger partial charge in [-0.05, 0) is 12.0 Å². The first-order valence-corrected chi connectivity index (χ1v) is 8.56. The van der Waals surface area contributed by atoms with Gasteiger partial charge in [-0.3, -0.25) is 29.4 Å². The molecule has 0 fully saturated rings. The van der Waals surface area contributed by atoms with Crippen LogP contribution in [0, 0.1) is 10.1 Å². The fourth-order valence-corrected chi connectivity index (χ4v) is 3.41. The molecule has 1 N–H and O–H groups in total. The van der Waals surface area contributed by atoms with Gasteiger partial charge in [0.15, 0.2) is 5.13 Å². The lowest BCUT2D eigenvalue weighted by atomic mass is 10.1. The third kappa shape index (κ3) is 3.06. The number of rotatable bonds is 5. The fraction of sp³-hybridized carbons (Fsp3) is 0.250. The predicted octanol–water partition coefficient (Wildman–Crippen LogP) is 2.41. The van der Waals surface area contributed by atoms with E-state index in [0.717, 1.165) is 11.8 Å². The molecule has 1 aromatic heterocycles. The van der Waals surface area contributed by atoms with E-state index in [1.54, 1.807) is 0 Å². The second-order valence-electron chi connectivity index (χ2n) is 5.93. The van der Waals surface area contributed by atoms with Crippen molar-refractivity contribution >= 4 is 39.9 Å². The maximum atomic E-state index is 12.4. The van der Waals surface area contributed by atoms with Crippen molar-refractivity contribution in [2.24, 2.45) is 0 Å². The van der Waals surface area contributed by atoms with Gasteiger partial charge in [0.25, 0.3) is 17.5 Å². The normalized spacial score (nSPS) is 13.3. The summed E-state index contributed by atoms with van der Waals surface area (Å²) >= 11 is 1.24. The minimum absolute atomic E-state index is 0.0756. The maximum absolute atomic E-state index is 12.4. The largest absolute Gasteiger partial charge is 0.300 e. The lowest BCUT2D eigenvalue weighted by Crippen LogP contribution is -2.37. The molecule has 3 amide bonds. The van der Waals surface area contributed by atoms with Gasteiger partial charge in [0.05, 0.1) is 16.2 Å². The van der Waals surface area contributed by atoms with Gasteiger partial charge in [0.2, 0.25) is 5.91 Å². The lowest BCUT2D eigenvalue weighted by Gasteiger charge is -2.12. The number of hydrogen-bond donors (Lipinski definition) is 1. The average Bonchev–Trinajstić information content (AvgIpc) is 3.14. The zero-order valence-corrected chi connectivity index (χ0v) is 14.7. The molecule has 0 radical (unpaired) electrons. The van der Waals surface area contributed by atoms with Crippen LogP contribution in [0.15, 0.2) is 23.6 Å². The minimum Gasteiger partial charge on any atom is -0.300 e. The molecule has 2 aromatic rings. The van der Waals surface area contributed by atoms with E-state index in [1.165, 1.54) is 23.5 Å². The SMILES string of the molecule is CC(C)c1csc(NC(=O)CN2C(=O)c3cccc([N+](=O)[O-])c3C2=O)n1. The molecule has 0 spiro atoms. The molecule has 10 heteroatoms. The fourth-order valence-electron chi connectivity index (χ4n) is 2.52. The van der Waals surface area contributed by atoms with Gasteiger partial charge in [0.1, 0.15) is 12.1 Å². The summed E-state index contributed by atoms with van der Waals surface area (Å²) in [5.41, 5.74) is 0.00639. The van der Waals surface area contributed by atoms with Crippen molar-refractivity contribution in [3.8, 4) is 0 Å². The highest BCUT2D eigenvalue weighted by Crippen LogP contribution is 2.30. The van der Waals surface area contributed by atoms with Crippen molar-refractivity contribution in [2.45, 2.75) is 19.8 Å². The Hall–Kier alpha value is -3.14. The summed E-state index contributed by atoms with van der Waals surface area (Å²) in [4.78, 5) is 52.3. The highest BCUT2D eigenvalue weighted by atomic mass is 32.1. The summed E-state index contributed by atoms with van der Waals surface area (Å²) in [5, 5.41) is 15.8. The van der Waals surface area contributed by atoms with Crippen molar-refractivity contribution in [1.29, 1.82) is 0 Å². The van der Waals surface area contributed by atoms with Crippen LogP contribution >= 0.6 is 11.3 Å². The third-order valence-electron chi connectivity index (χ3n) is 3.84. The number of benzene rings is 1. The van der Waals surface area contributed by atoms with Crippen molar-refractivity contribution in [3.63, 3.8) is 0 Å². The van der Waals surface area contributed by atoms with Gasteiger partial charge in [0, 0.05) is 11.4 Å². The summed E-state index contributed by atoms with van der Waals surface area (Å²) in [6.45, 7) is 3.39. The Morgan fingerprint density at radius 3 is 2.69 bits per heavy atom. The molecule has 26 heavy (non-hydrogen) atoms. The number of nitro benzene ring substituents is 1. The van der Waals surface area contributed by atoms with Crippen LogP contribution in [0.5, 0.6) is 0 Å². The molecule has 0 unspecified atom stereocenters. The Kier molecular flexibility index (Phi) is 4.51. The van der Waals surface area contributed by atoms with Crippen LogP contribution in [0.3, 0.4) is 0 Å². The Balaban J connectivity index is 1.77. The third-order valence-corrected chi connectivity index (χ3v) is 4.61. The Morgan fingerprint density at radius 2 is 2.08 bits per heavy atom.